The Labute approximate surface area is 115 Å². The van der Waals surface area contributed by atoms with E-state index in [1.165, 1.54) is 0 Å². The average Bonchev–Trinajstić information content (AvgIpc) is 2.32. The molecule has 2 rings (SSSR count). The molecule has 0 bridgehead atoms. The quantitative estimate of drug-likeness (QED) is 0.819. The molecule has 1 aliphatic rings. The second kappa shape index (κ2) is 5.11. The van der Waals surface area contributed by atoms with Crippen LogP contribution in [0, 0.1) is 6.92 Å². The zero-order chi connectivity index (χ0) is 14.2. The molecule has 106 valence electrons. The summed E-state index contributed by atoms with van der Waals surface area (Å²) in [6, 6.07) is 5.17. The third-order valence-corrected chi connectivity index (χ3v) is 5.76. The first-order valence-electron chi connectivity index (χ1n) is 6.39. The number of benzene rings is 1. The van der Waals surface area contributed by atoms with Crippen molar-refractivity contribution in [1.82, 2.24) is 9.21 Å². The molecular formula is C13H21N3O2S. The van der Waals surface area contributed by atoms with Gasteiger partial charge in [-0.2, -0.15) is 4.31 Å². The van der Waals surface area contributed by atoms with Crippen molar-refractivity contribution in [3.05, 3.63) is 23.8 Å². The SMILES string of the molecule is Cc1cc(N)ccc1S(=O)(=O)N1CCN(C)C(C)C1. The van der Waals surface area contributed by atoms with Crippen LogP contribution in [0.3, 0.4) is 0 Å². The molecule has 1 aliphatic heterocycles. The second-order valence-corrected chi connectivity index (χ2v) is 7.12. The summed E-state index contributed by atoms with van der Waals surface area (Å²) in [5.74, 6) is 0. The van der Waals surface area contributed by atoms with Crippen molar-refractivity contribution in [2.45, 2.75) is 24.8 Å². The van der Waals surface area contributed by atoms with Crippen LogP contribution in [0.2, 0.25) is 0 Å². The van der Waals surface area contributed by atoms with Crippen LogP contribution in [-0.2, 0) is 10.0 Å². The third-order valence-electron chi connectivity index (χ3n) is 3.74. The summed E-state index contributed by atoms with van der Waals surface area (Å²) in [5, 5.41) is 0. The van der Waals surface area contributed by atoms with Crippen LogP contribution in [0.25, 0.3) is 0 Å². The standard InChI is InChI=1S/C13H21N3O2S/c1-10-8-12(14)4-5-13(10)19(17,18)16-7-6-15(3)11(2)9-16/h4-5,8,11H,6-7,9,14H2,1-3H3. The molecule has 0 saturated carbocycles. The average molecular weight is 283 g/mol. The number of sulfonamides is 1. The van der Waals surface area contributed by atoms with Gasteiger partial charge in [0.25, 0.3) is 0 Å². The molecule has 1 unspecified atom stereocenters. The van der Waals surface area contributed by atoms with E-state index in [1.54, 1.807) is 29.4 Å². The molecule has 0 aromatic heterocycles. The predicted octanol–water partition coefficient (Wildman–Crippen LogP) is 0.902. The number of aryl methyl sites for hydroxylation is 1. The molecular weight excluding hydrogens is 262 g/mol. The minimum absolute atomic E-state index is 0.234. The Hall–Kier alpha value is -1.11. The monoisotopic (exact) mass is 283 g/mol. The Kier molecular flexibility index (Phi) is 3.85. The van der Waals surface area contributed by atoms with Crippen LogP contribution in [0.15, 0.2) is 23.1 Å². The van der Waals surface area contributed by atoms with E-state index in [1.807, 2.05) is 14.0 Å². The van der Waals surface area contributed by atoms with E-state index < -0.39 is 10.0 Å². The first-order chi connectivity index (χ1) is 8.82. The molecule has 2 N–H and O–H groups in total. The molecule has 1 heterocycles. The largest absolute Gasteiger partial charge is 0.399 e. The number of anilines is 1. The Morgan fingerprint density at radius 1 is 1.32 bits per heavy atom. The fourth-order valence-electron chi connectivity index (χ4n) is 2.33. The van der Waals surface area contributed by atoms with Gasteiger partial charge in [-0.25, -0.2) is 8.42 Å². The Balaban J connectivity index is 2.32. The number of likely N-dealkylation sites (N-methyl/N-ethyl adjacent to an activating group) is 1. The molecule has 1 fully saturated rings. The normalized spacial score (nSPS) is 22.6. The van der Waals surface area contributed by atoms with Crippen LogP contribution >= 0.6 is 0 Å². The molecule has 19 heavy (non-hydrogen) atoms. The van der Waals surface area contributed by atoms with Gasteiger partial charge >= 0.3 is 0 Å². The van der Waals surface area contributed by atoms with Crippen molar-refractivity contribution < 1.29 is 8.42 Å². The molecule has 6 heteroatoms. The zero-order valence-corrected chi connectivity index (χ0v) is 12.4. The summed E-state index contributed by atoms with van der Waals surface area (Å²) in [4.78, 5) is 2.53. The van der Waals surface area contributed by atoms with E-state index in [0.717, 1.165) is 6.54 Å². The van der Waals surface area contributed by atoms with Crippen molar-refractivity contribution >= 4 is 15.7 Å². The fourth-order valence-corrected chi connectivity index (χ4v) is 4.05. The smallest absolute Gasteiger partial charge is 0.243 e. The van der Waals surface area contributed by atoms with E-state index in [9.17, 15) is 8.42 Å². The molecule has 5 nitrogen and oxygen atoms in total. The number of hydrogen-bond acceptors (Lipinski definition) is 4. The minimum atomic E-state index is -3.41. The van der Waals surface area contributed by atoms with Gasteiger partial charge in [0, 0.05) is 31.4 Å². The van der Waals surface area contributed by atoms with E-state index in [0.29, 0.717) is 29.2 Å². The Morgan fingerprint density at radius 3 is 2.58 bits per heavy atom. The molecule has 1 atom stereocenters. The van der Waals surface area contributed by atoms with Gasteiger partial charge in [0.15, 0.2) is 0 Å². The van der Waals surface area contributed by atoms with Gasteiger partial charge in [0.05, 0.1) is 4.90 Å². The highest BCUT2D eigenvalue weighted by Gasteiger charge is 2.31. The summed E-state index contributed by atoms with van der Waals surface area (Å²) in [6.45, 7) is 5.64. The first kappa shape index (κ1) is 14.3. The summed E-state index contributed by atoms with van der Waals surface area (Å²) in [7, 11) is -1.40. The summed E-state index contributed by atoms with van der Waals surface area (Å²) in [5.41, 5.74) is 6.96. The lowest BCUT2D eigenvalue weighted by Crippen LogP contribution is -2.51. The highest BCUT2D eigenvalue weighted by molar-refractivity contribution is 7.89. The maximum Gasteiger partial charge on any atom is 0.243 e. The van der Waals surface area contributed by atoms with Gasteiger partial charge in [-0.15, -0.1) is 0 Å². The van der Waals surface area contributed by atoms with Gasteiger partial charge in [-0.3, -0.25) is 0 Å². The van der Waals surface area contributed by atoms with E-state index in [2.05, 4.69) is 4.90 Å². The number of nitrogen functional groups attached to an aromatic ring is 1. The lowest BCUT2D eigenvalue weighted by Gasteiger charge is -2.37. The maximum atomic E-state index is 12.6. The highest BCUT2D eigenvalue weighted by atomic mass is 32.2. The van der Waals surface area contributed by atoms with Crippen molar-refractivity contribution in [2.24, 2.45) is 0 Å². The van der Waals surface area contributed by atoms with E-state index in [4.69, 9.17) is 5.73 Å². The number of nitrogens with zero attached hydrogens (tertiary/aromatic N) is 2. The lowest BCUT2D eigenvalue weighted by atomic mass is 10.2. The number of piperazine rings is 1. The van der Waals surface area contributed by atoms with Crippen molar-refractivity contribution in [2.75, 3.05) is 32.4 Å². The lowest BCUT2D eigenvalue weighted by molar-refractivity contribution is 0.159. The summed E-state index contributed by atoms with van der Waals surface area (Å²) < 4.78 is 26.8. The van der Waals surface area contributed by atoms with Gasteiger partial charge < -0.3 is 10.6 Å². The van der Waals surface area contributed by atoms with Gasteiger partial charge in [0.1, 0.15) is 0 Å². The molecule has 1 aromatic rings. The van der Waals surface area contributed by atoms with E-state index >= 15 is 0 Å². The topological polar surface area (TPSA) is 66.6 Å². The van der Waals surface area contributed by atoms with Crippen LogP contribution in [0.4, 0.5) is 5.69 Å². The summed E-state index contributed by atoms with van der Waals surface area (Å²) in [6.07, 6.45) is 0. The Morgan fingerprint density at radius 2 is 2.00 bits per heavy atom. The van der Waals surface area contributed by atoms with Crippen LogP contribution in [-0.4, -0.2) is 50.3 Å². The number of hydrogen-bond donors (Lipinski definition) is 1. The zero-order valence-electron chi connectivity index (χ0n) is 11.6. The number of nitrogens with two attached hydrogens (primary N) is 1. The summed E-state index contributed by atoms with van der Waals surface area (Å²) >= 11 is 0. The minimum Gasteiger partial charge on any atom is -0.399 e. The van der Waals surface area contributed by atoms with Crippen molar-refractivity contribution in [1.29, 1.82) is 0 Å². The van der Waals surface area contributed by atoms with Crippen molar-refractivity contribution in [3.8, 4) is 0 Å². The first-order valence-corrected chi connectivity index (χ1v) is 7.83. The fraction of sp³-hybridized carbons (Fsp3) is 0.538. The van der Waals surface area contributed by atoms with Gasteiger partial charge in [-0.05, 0) is 44.7 Å². The highest BCUT2D eigenvalue weighted by Crippen LogP contribution is 2.23. The van der Waals surface area contributed by atoms with Gasteiger partial charge in [0.2, 0.25) is 10.0 Å². The third kappa shape index (κ3) is 2.75. The van der Waals surface area contributed by atoms with Crippen molar-refractivity contribution in [3.63, 3.8) is 0 Å². The van der Waals surface area contributed by atoms with Crippen LogP contribution in [0.5, 0.6) is 0 Å². The Bertz CT molecular complexity index is 571. The van der Waals surface area contributed by atoms with Gasteiger partial charge in [-0.1, -0.05) is 0 Å². The van der Waals surface area contributed by atoms with Crippen LogP contribution < -0.4 is 5.73 Å². The molecule has 0 spiro atoms. The van der Waals surface area contributed by atoms with Crippen LogP contribution in [0.1, 0.15) is 12.5 Å². The van der Waals surface area contributed by atoms with E-state index in [-0.39, 0.29) is 6.04 Å². The maximum absolute atomic E-state index is 12.6. The second-order valence-electron chi connectivity index (χ2n) is 5.22. The molecule has 0 aliphatic carbocycles. The molecule has 1 saturated heterocycles. The molecule has 1 aromatic carbocycles. The molecule has 0 amide bonds. The molecule has 0 radical (unpaired) electrons. The number of rotatable bonds is 2. The predicted molar refractivity (Wildman–Crippen MR) is 76.4 cm³/mol.